The van der Waals surface area contributed by atoms with Crippen LogP contribution in [-0.4, -0.2) is 42.4 Å². The highest BCUT2D eigenvalue weighted by atomic mass is 16.6. The summed E-state index contributed by atoms with van der Waals surface area (Å²) in [6.45, 7) is 5.93. The van der Waals surface area contributed by atoms with E-state index in [2.05, 4.69) is 10.6 Å². The number of ether oxygens (including phenoxy) is 1. The largest absolute Gasteiger partial charge is 0.480 e. The topological polar surface area (TPSA) is 87.7 Å². The van der Waals surface area contributed by atoms with Crippen molar-refractivity contribution in [2.45, 2.75) is 26.4 Å². The van der Waals surface area contributed by atoms with Crippen LogP contribution in [0.5, 0.6) is 0 Å². The highest BCUT2D eigenvalue weighted by molar-refractivity contribution is 5.69. The normalized spacial score (nSPS) is 10.9. The number of alkyl carbamates (subject to hydrolysis) is 1. The molecule has 0 aromatic heterocycles. The second-order valence-electron chi connectivity index (χ2n) is 4.00. The molecule has 0 bridgehead atoms. The lowest BCUT2D eigenvalue weighted by Gasteiger charge is -2.19. The molecule has 0 saturated carbocycles. The molecule has 0 aliphatic rings. The Bertz CT molecular complexity index is 223. The number of carbonyl (C=O) groups is 2. The maximum absolute atomic E-state index is 11.1. The molecule has 6 heteroatoms. The van der Waals surface area contributed by atoms with Crippen LogP contribution in [-0.2, 0) is 9.53 Å². The predicted molar refractivity (Wildman–Crippen MR) is 54.7 cm³/mol. The van der Waals surface area contributed by atoms with E-state index in [-0.39, 0.29) is 6.54 Å². The standard InChI is InChI=1S/C9H18N2O4/c1-9(2,3)15-8(14)11-5-4-10-6-7(12)13/h10H,4-6H2,1-3H3,(H,11,14)(H,12,13). The molecule has 0 radical (unpaired) electrons. The molecule has 15 heavy (non-hydrogen) atoms. The predicted octanol–water partition coefficient (Wildman–Crippen LogP) is 0.185. The van der Waals surface area contributed by atoms with E-state index in [9.17, 15) is 9.59 Å². The minimum absolute atomic E-state index is 0.115. The average Bonchev–Trinajstić information content (AvgIpc) is 1.99. The van der Waals surface area contributed by atoms with Crippen LogP contribution in [0.15, 0.2) is 0 Å². The monoisotopic (exact) mass is 218 g/mol. The van der Waals surface area contributed by atoms with E-state index >= 15 is 0 Å². The van der Waals surface area contributed by atoms with E-state index in [0.29, 0.717) is 13.1 Å². The van der Waals surface area contributed by atoms with Gasteiger partial charge in [0.05, 0.1) is 6.54 Å². The van der Waals surface area contributed by atoms with Gasteiger partial charge in [0, 0.05) is 13.1 Å². The number of nitrogens with one attached hydrogen (secondary N) is 2. The summed E-state index contributed by atoms with van der Waals surface area (Å²) in [5.74, 6) is -0.924. The van der Waals surface area contributed by atoms with E-state index in [1.54, 1.807) is 20.8 Å². The summed E-state index contributed by atoms with van der Waals surface area (Å²) in [6, 6.07) is 0. The molecule has 0 atom stereocenters. The lowest BCUT2D eigenvalue weighted by atomic mass is 10.2. The first-order valence-corrected chi connectivity index (χ1v) is 4.70. The van der Waals surface area contributed by atoms with Crippen molar-refractivity contribution in [3.63, 3.8) is 0 Å². The van der Waals surface area contributed by atoms with Gasteiger partial charge in [0.15, 0.2) is 0 Å². The minimum atomic E-state index is -0.924. The van der Waals surface area contributed by atoms with E-state index in [4.69, 9.17) is 9.84 Å². The molecular formula is C9H18N2O4. The summed E-state index contributed by atoms with van der Waals surface area (Å²) in [5.41, 5.74) is -0.515. The molecule has 0 aromatic rings. The van der Waals surface area contributed by atoms with Crippen LogP contribution < -0.4 is 10.6 Å². The van der Waals surface area contributed by atoms with Crippen molar-refractivity contribution in [3.05, 3.63) is 0 Å². The summed E-state index contributed by atoms with van der Waals surface area (Å²) in [5, 5.41) is 13.4. The van der Waals surface area contributed by atoms with Gasteiger partial charge >= 0.3 is 12.1 Å². The minimum Gasteiger partial charge on any atom is -0.480 e. The second kappa shape index (κ2) is 6.23. The van der Waals surface area contributed by atoms with Crippen LogP contribution in [0.2, 0.25) is 0 Å². The molecule has 0 aliphatic carbocycles. The van der Waals surface area contributed by atoms with E-state index in [1.165, 1.54) is 0 Å². The van der Waals surface area contributed by atoms with Crippen molar-refractivity contribution >= 4 is 12.1 Å². The van der Waals surface area contributed by atoms with Gasteiger partial charge in [0.1, 0.15) is 5.60 Å². The fraction of sp³-hybridized carbons (Fsp3) is 0.778. The lowest BCUT2D eigenvalue weighted by Crippen LogP contribution is -2.37. The first kappa shape index (κ1) is 13.7. The highest BCUT2D eigenvalue weighted by Crippen LogP contribution is 2.05. The van der Waals surface area contributed by atoms with E-state index in [0.717, 1.165) is 0 Å². The zero-order valence-electron chi connectivity index (χ0n) is 9.29. The molecule has 0 rings (SSSR count). The van der Waals surface area contributed by atoms with Gasteiger partial charge in [0.25, 0.3) is 0 Å². The Kier molecular flexibility index (Phi) is 5.69. The number of rotatable bonds is 5. The first-order chi connectivity index (χ1) is 6.81. The molecular weight excluding hydrogens is 200 g/mol. The summed E-state index contributed by atoms with van der Waals surface area (Å²) >= 11 is 0. The molecule has 88 valence electrons. The van der Waals surface area contributed by atoms with Crippen LogP contribution >= 0.6 is 0 Å². The zero-order chi connectivity index (χ0) is 11.9. The number of amides is 1. The zero-order valence-corrected chi connectivity index (χ0v) is 9.29. The van der Waals surface area contributed by atoms with Crippen LogP contribution in [0.1, 0.15) is 20.8 Å². The second-order valence-corrected chi connectivity index (χ2v) is 4.00. The SMILES string of the molecule is CC(C)(C)OC(=O)NCCNCC(=O)O. The Morgan fingerprint density at radius 3 is 2.33 bits per heavy atom. The quantitative estimate of drug-likeness (QED) is 0.573. The molecule has 0 aromatic carbocycles. The number of hydrogen-bond donors (Lipinski definition) is 3. The van der Waals surface area contributed by atoms with Crippen molar-refractivity contribution in [1.82, 2.24) is 10.6 Å². The third-order valence-corrected chi connectivity index (χ3v) is 1.25. The Morgan fingerprint density at radius 2 is 1.87 bits per heavy atom. The van der Waals surface area contributed by atoms with Crippen LogP contribution in [0.3, 0.4) is 0 Å². The third kappa shape index (κ3) is 10.6. The molecule has 0 fully saturated rings. The Hall–Kier alpha value is -1.30. The Balaban J connectivity index is 3.44. The fourth-order valence-electron chi connectivity index (χ4n) is 0.762. The van der Waals surface area contributed by atoms with Gasteiger partial charge in [0.2, 0.25) is 0 Å². The molecule has 0 unspecified atom stereocenters. The number of carboxylic acid groups (broad SMARTS) is 1. The molecule has 6 nitrogen and oxygen atoms in total. The molecule has 0 spiro atoms. The molecule has 0 aliphatic heterocycles. The Labute approximate surface area is 89.0 Å². The fourth-order valence-corrected chi connectivity index (χ4v) is 0.762. The van der Waals surface area contributed by atoms with Gasteiger partial charge in [-0.05, 0) is 20.8 Å². The van der Waals surface area contributed by atoms with Gasteiger partial charge in [-0.1, -0.05) is 0 Å². The first-order valence-electron chi connectivity index (χ1n) is 4.70. The van der Waals surface area contributed by atoms with Crippen molar-refractivity contribution in [1.29, 1.82) is 0 Å². The summed E-state index contributed by atoms with van der Waals surface area (Å²) < 4.78 is 4.97. The van der Waals surface area contributed by atoms with Crippen LogP contribution in [0.4, 0.5) is 4.79 Å². The molecule has 3 N–H and O–H groups in total. The van der Waals surface area contributed by atoms with Crippen LogP contribution in [0.25, 0.3) is 0 Å². The number of carboxylic acids is 1. The van der Waals surface area contributed by atoms with E-state index < -0.39 is 17.7 Å². The van der Waals surface area contributed by atoms with Crippen molar-refractivity contribution in [3.8, 4) is 0 Å². The molecule has 0 heterocycles. The number of aliphatic carboxylic acids is 1. The summed E-state index contributed by atoms with van der Waals surface area (Å²) in [7, 11) is 0. The van der Waals surface area contributed by atoms with Gasteiger partial charge < -0.3 is 20.5 Å². The molecule has 1 amide bonds. The maximum atomic E-state index is 11.1. The lowest BCUT2D eigenvalue weighted by molar-refractivity contribution is -0.135. The van der Waals surface area contributed by atoms with Crippen molar-refractivity contribution in [2.24, 2.45) is 0 Å². The summed E-state index contributed by atoms with van der Waals surface area (Å²) in [6.07, 6.45) is -0.500. The average molecular weight is 218 g/mol. The third-order valence-electron chi connectivity index (χ3n) is 1.25. The van der Waals surface area contributed by atoms with Gasteiger partial charge in [-0.15, -0.1) is 0 Å². The van der Waals surface area contributed by atoms with Crippen molar-refractivity contribution in [2.75, 3.05) is 19.6 Å². The van der Waals surface area contributed by atoms with Crippen molar-refractivity contribution < 1.29 is 19.4 Å². The Morgan fingerprint density at radius 1 is 1.27 bits per heavy atom. The maximum Gasteiger partial charge on any atom is 0.407 e. The van der Waals surface area contributed by atoms with E-state index in [1.807, 2.05) is 0 Å². The highest BCUT2D eigenvalue weighted by Gasteiger charge is 2.15. The van der Waals surface area contributed by atoms with Gasteiger partial charge in [-0.3, -0.25) is 4.79 Å². The molecule has 0 saturated heterocycles. The van der Waals surface area contributed by atoms with Gasteiger partial charge in [-0.25, -0.2) is 4.79 Å². The number of hydrogen-bond acceptors (Lipinski definition) is 4. The van der Waals surface area contributed by atoms with Crippen LogP contribution in [0, 0.1) is 0 Å². The smallest absolute Gasteiger partial charge is 0.407 e. The summed E-state index contributed by atoms with van der Waals surface area (Å²) in [4.78, 5) is 21.2. The van der Waals surface area contributed by atoms with Gasteiger partial charge in [-0.2, -0.15) is 0 Å². The number of carbonyl (C=O) groups excluding carboxylic acids is 1.